The molecule has 2 rings (SSSR count). The van der Waals surface area contributed by atoms with Gasteiger partial charge in [0.2, 0.25) is 5.91 Å². The van der Waals surface area contributed by atoms with Crippen molar-refractivity contribution in [2.45, 2.75) is 18.6 Å². The molecule has 0 saturated heterocycles. The first-order valence-electron chi connectivity index (χ1n) is 7.87. The molecule has 1 amide bonds. The van der Waals surface area contributed by atoms with Crippen LogP contribution in [0.5, 0.6) is 5.75 Å². The predicted octanol–water partition coefficient (Wildman–Crippen LogP) is 3.55. The van der Waals surface area contributed by atoms with E-state index in [1.807, 2.05) is 55.5 Å². The zero-order valence-corrected chi connectivity index (χ0v) is 14.2. The van der Waals surface area contributed by atoms with Crippen LogP contribution in [0.25, 0.3) is 0 Å². The monoisotopic (exact) mass is 329 g/mol. The Morgan fingerprint density at radius 1 is 1.09 bits per heavy atom. The molecule has 0 saturated carbocycles. The number of benzene rings is 2. The third-order valence-corrected chi connectivity index (χ3v) is 4.50. The number of rotatable bonds is 9. The fraction of sp³-hybridized carbons (Fsp3) is 0.316. The summed E-state index contributed by atoms with van der Waals surface area (Å²) in [5, 5.41) is 2.92. The van der Waals surface area contributed by atoms with E-state index in [4.69, 9.17) is 4.74 Å². The highest BCUT2D eigenvalue weighted by Gasteiger charge is 2.12. The van der Waals surface area contributed by atoms with Crippen LogP contribution in [-0.2, 0) is 11.2 Å². The average molecular weight is 329 g/mol. The van der Waals surface area contributed by atoms with E-state index in [9.17, 15) is 4.79 Å². The minimum absolute atomic E-state index is 0.0647. The first-order valence-corrected chi connectivity index (χ1v) is 8.91. The van der Waals surface area contributed by atoms with E-state index in [1.165, 1.54) is 5.56 Å². The maximum Gasteiger partial charge on any atom is 0.232 e. The molecule has 4 heteroatoms. The zero-order valence-electron chi connectivity index (χ0n) is 13.4. The van der Waals surface area contributed by atoms with E-state index in [1.54, 1.807) is 11.8 Å². The van der Waals surface area contributed by atoms with E-state index in [0.29, 0.717) is 13.2 Å². The number of nitrogens with one attached hydrogen (secondary N) is 1. The number of hydrogen-bond acceptors (Lipinski definition) is 3. The predicted molar refractivity (Wildman–Crippen MR) is 97.0 cm³/mol. The van der Waals surface area contributed by atoms with E-state index in [-0.39, 0.29) is 11.2 Å². The maximum absolute atomic E-state index is 12.0. The molecule has 0 aliphatic carbocycles. The standard InChI is InChI=1S/C19H23NO2S/c1-16(23-15-14-22-18-10-6-3-7-11-18)19(21)20-13-12-17-8-4-2-5-9-17/h2-11,16H,12-15H2,1H3,(H,20,21). The average Bonchev–Trinajstić information content (AvgIpc) is 2.60. The Labute approximate surface area is 142 Å². The molecular formula is C19H23NO2S. The molecule has 1 unspecified atom stereocenters. The molecule has 3 nitrogen and oxygen atoms in total. The second kappa shape index (κ2) is 9.95. The minimum atomic E-state index is -0.0647. The summed E-state index contributed by atoms with van der Waals surface area (Å²) in [6.07, 6.45) is 0.862. The molecule has 0 radical (unpaired) electrons. The van der Waals surface area contributed by atoms with Gasteiger partial charge >= 0.3 is 0 Å². The Hall–Kier alpha value is -1.94. The van der Waals surface area contributed by atoms with Crippen LogP contribution < -0.4 is 10.1 Å². The van der Waals surface area contributed by atoms with E-state index in [2.05, 4.69) is 17.4 Å². The lowest BCUT2D eigenvalue weighted by molar-refractivity contribution is -0.120. The van der Waals surface area contributed by atoms with Gasteiger partial charge in [-0.25, -0.2) is 0 Å². The molecule has 0 aromatic heterocycles. The summed E-state index contributed by atoms with van der Waals surface area (Å²) in [4.78, 5) is 12.0. The Bertz CT molecular complexity index is 574. The van der Waals surface area contributed by atoms with Crippen LogP contribution in [0.1, 0.15) is 12.5 Å². The molecule has 23 heavy (non-hydrogen) atoms. The summed E-state index contributed by atoms with van der Waals surface area (Å²) >= 11 is 1.61. The second-order valence-electron chi connectivity index (χ2n) is 5.20. The Morgan fingerprint density at radius 3 is 2.43 bits per heavy atom. The van der Waals surface area contributed by atoms with Crippen LogP contribution >= 0.6 is 11.8 Å². The number of carbonyl (C=O) groups excluding carboxylic acids is 1. The van der Waals surface area contributed by atoms with Gasteiger partial charge in [0.1, 0.15) is 5.75 Å². The van der Waals surface area contributed by atoms with Crippen LogP contribution in [0.15, 0.2) is 60.7 Å². The molecular weight excluding hydrogens is 306 g/mol. The van der Waals surface area contributed by atoms with Gasteiger partial charge in [0.25, 0.3) is 0 Å². The lowest BCUT2D eigenvalue weighted by Crippen LogP contribution is -2.32. The van der Waals surface area contributed by atoms with Gasteiger partial charge in [0.15, 0.2) is 0 Å². The number of ether oxygens (including phenoxy) is 1. The molecule has 2 aromatic carbocycles. The fourth-order valence-corrected chi connectivity index (χ4v) is 2.86. The van der Waals surface area contributed by atoms with E-state index in [0.717, 1.165) is 17.9 Å². The Balaban J connectivity index is 1.57. The highest BCUT2D eigenvalue weighted by Crippen LogP contribution is 2.13. The molecule has 0 aliphatic rings. The zero-order chi connectivity index (χ0) is 16.3. The van der Waals surface area contributed by atoms with Crippen molar-refractivity contribution >= 4 is 17.7 Å². The normalized spacial score (nSPS) is 11.7. The number of para-hydroxylation sites is 1. The molecule has 0 heterocycles. The van der Waals surface area contributed by atoms with Crippen molar-refractivity contribution in [2.75, 3.05) is 18.9 Å². The summed E-state index contributed by atoms with van der Waals surface area (Å²) in [5.74, 6) is 1.75. The van der Waals surface area contributed by atoms with Gasteiger partial charge in [-0.05, 0) is 31.0 Å². The summed E-state index contributed by atoms with van der Waals surface area (Å²) in [5.41, 5.74) is 1.24. The van der Waals surface area contributed by atoms with Gasteiger partial charge < -0.3 is 10.1 Å². The first-order chi connectivity index (χ1) is 11.3. The summed E-state index contributed by atoms with van der Waals surface area (Å²) in [7, 11) is 0. The van der Waals surface area contributed by atoms with Gasteiger partial charge in [0, 0.05) is 12.3 Å². The molecule has 0 spiro atoms. The van der Waals surface area contributed by atoms with Crippen LogP contribution in [0, 0.1) is 0 Å². The van der Waals surface area contributed by atoms with Crippen molar-refractivity contribution < 1.29 is 9.53 Å². The lowest BCUT2D eigenvalue weighted by Gasteiger charge is -2.12. The van der Waals surface area contributed by atoms with Crippen molar-refractivity contribution in [1.82, 2.24) is 5.32 Å². The molecule has 122 valence electrons. The van der Waals surface area contributed by atoms with Crippen molar-refractivity contribution in [1.29, 1.82) is 0 Å². The third kappa shape index (κ3) is 6.78. The van der Waals surface area contributed by atoms with Crippen LogP contribution in [0.2, 0.25) is 0 Å². The summed E-state index contributed by atoms with van der Waals surface area (Å²) in [6, 6.07) is 19.9. The summed E-state index contributed by atoms with van der Waals surface area (Å²) < 4.78 is 5.62. The van der Waals surface area contributed by atoms with Crippen LogP contribution in [0.4, 0.5) is 0 Å². The third-order valence-electron chi connectivity index (χ3n) is 3.39. The molecule has 2 aromatic rings. The number of hydrogen-bond donors (Lipinski definition) is 1. The SMILES string of the molecule is CC(SCCOc1ccccc1)C(=O)NCCc1ccccc1. The van der Waals surface area contributed by atoms with Gasteiger partial charge in [-0.15, -0.1) is 11.8 Å². The Kier molecular flexibility index (Phi) is 7.54. The van der Waals surface area contributed by atoms with Crippen molar-refractivity contribution in [3.8, 4) is 5.75 Å². The van der Waals surface area contributed by atoms with Crippen molar-refractivity contribution in [3.63, 3.8) is 0 Å². The van der Waals surface area contributed by atoms with Crippen LogP contribution in [-0.4, -0.2) is 30.1 Å². The summed E-state index contributed by atoms with van der Waals surface area (Å²) in [6.45, 7) is 3.22. The smallest absolute Gasteiger partial charge is 0.232 e. The van der Waals surface area contributed by atoms with Gasteiger partial charge in [0.05, 0.1) is 11.9 Å². The molecule has 1 atom stereocenters. The topological polar surface area (TPSA) is 38.3 Å². The molecule has 0 bridgehead atoms. The largest absolute Gasteiger partial charge is 0.493 e. The highest BCUT2D eigenvalue weighted by molar-refractivity contribution is 8.00. The van der Waals surface area contributed by atoms with E-state index < -0.39 is 0 Å². The van der Waals surface area contributed by atoms with Crippen LogP contribution in [0.3, 0.4) is 0 Å². The van der Waals surface area contributed by atoms with Crippen molar-refractivity contribution in [2.24, 2.45) is 0 Å². The number of amides is 1. The molecule has 1 N–H and O–H groups in total. The number of carbonyl (C=O) groups is 1. The molecule has 0 fully saturated rings. The lowest BCUT2D eigenvalue weighted by atomic mass is 10.1. The van der Waals surface area contributed by atoms with E-state index >= 15 is 0 Å². The van der Waals surface area contributed by atoms with Gasteiger partial charge in [-0.2, -0.15) is 0 Å². The fourth-order valence-electron chi connectivity index (χ4n) is 2.10. The van der Waals surface area contributed by atoms with Crippen molar-refractivity contribution in [3.05, 3.63) is 66.2 Å². The second-order valence-corrected chi connectivity index (χ2v) is 6.65. The molecule has 0 aliphatic heterocycles. The van der Waals surface area contributed by atoms with Gasteiger partial charge in [-0.1, -0.05) is 48.5 Å². The number of thioether (sulfide) groups is 1. The highest BCUT2D eigenvalue weighted by atomic mass is 32.2. The quantitative estimate of drug-likeness (QED) is 0.715. The maximum atomic E-state index is 12.0. The minimum Gasteiger partial charge on any atom is -0.493 e. The Morgan fingerprint density at radius 2 is 1.74 bits per heavy atom. The van der Waals surface area contributed by atoms with Gasteiger partial charge in [-0.3, -0.25) is 4.79 Å². The first kappa shape index (κ1) is 17.4.